The molecule has 142 valence electrons. The third kappa shape index (κ3) is 5.02. The second kappa shape index (κ2) is 8.45. The van der Waals surface area contributed by atoms with Crippen molar-refractivity contribution in [2.45, 2.75) is 31.4 Å². The Bertz CT molecular complexity index is 829. The average Bonchev–Trinajstić information content (AvgIpc) is 3.07. The van der Waals surface area contributed by atoms with Gasteiger partial charge in [-0.15, -0.1) is 0 Å². The molecule has 1 unspecified atom stereocenters. The molecule has 1 aromatic carbocycles. The van der Waals surface area contributed by atoms with Crippen molar-refractivity contribution in [3.8, 4) is 5.75 Å². The van der Waals surface area contributed by atoms with E-state index in [0.717, 1.165) is 17.7 Å². The van der Waals surface area contributed by atoms with E-state index in [-0.39, 0.29) is 16.7 Å². The molecule has 1 amide bonds. The molecule has 27 heavy (non-hydrogen) atoms. The van der Waals surface area contributed by atoms with Gasteiger partial charge in [0.05, 0.1) is 17.9 Å². The predicted molar refractivity (Wildman–Crippen MR) is 107 cm³/mol. The van der Waals surface area contributed by atoms with Gasteiger partial charge < -0.3 is 20.5 Å². The Balaban J connectivity index is 1.56. The topological polar surface area (TPSA) is 86.5 Å². The summed E-state index contributed by atoms with van der Waals surface area (Å²) < 4.78 is 11.1. The number of nitrogens with one attached hydrogen (secondary N) is 1. The standard InChI is InChI=1S/C20H23N3O3S/c1-20(10-3-11-27-20)26-16-7-4-14(5-8-16)12-22-19(24)17-9-6-15(13-25-2)23-18(17)21/h3-9,11H,10,12-13H2,1-2H3,(H2,21,23)(H,22,24). The Morgan fingerprint density at radius 1 is 1.30 bits per heavy atom. The summed E-state index contributed by atoms with van der Waals surface area (Å²) in [5.74, 6) is 0.748. The zero-order valence-corrected chi connectivity index (χ0v) is 16.2. The van der Waals surface area contributed by atoms with E-state index in [9.17, 15) is 4.79 Å². The van der Waals surface area contributed by atoms with Gasteiger partial charge in [0.2, 0.25) is 0 Å². The fraction of sp³-hybridized carbons (Fsp3) is 0.300. The lowest BCUT2D eigenvalue weighted by molar-refractivity contribution is 0.0951. The van der Waals surface area contributed by atoms with Gasteiger partial charge in [0, 0.05) is 20.1 Å². The minimum atomic E-state index is -0.259. The van der Waals surface area contributed by atoms with Crippen molar-refractivity contribution in [1.29, 1.82) is 0 Å². The van der Waals surface area contributed by atoms with Gasteiger partial charge in [-0.25, -0.2) is 4.98 Å². The van der Waals surface area contributed by atoms with Crippen LogP contribution in [-0.2, 0) is 17.9 Å². The second-order valence-electron chi connectivity index (χ2n) is 6.42. The zero-order chi connectivity index (χ0) is 19.3. The molecule has 2 aromatic rings. The number of hydrogen-bond donors (Lipinski definition) is 2. The van der Waals surface area contributed by atoms with E-state index >= 15 is 0 Å². The summed E-state index contributed by atoms with van der Waals surface area (Å²) in [4.78, 5) is 16.3. The van der Waals surface area contributed by atoms with E-state index in [0.29, 0.717) is 24.4 Å². The zero-order valence-electron chi connectivity index (χ0n) is 15.4. The van der Waals surface area contributed by atoms with E-state index in [1.165, 1.54) is 0 Å². The van der Waals surface area contributed by atoms with Crippen molar-refractivity contribution < 1.29 is 14.3 Å². The Kier molecular flexibility index (Phi) is 6.03. The molecular formula is C20H23N3O3S. The number of rotatable bonds is 7. The summed E-state index contributed by atoms with van der Waals surface area (Å²) in [6.45, 7) is 2.82. The lowest BCUT2D eigenvalue weighted by Crippen LogP contribution is -2.25. The summed E-state index contributed by atoms with van der Waals surface area (Å²) in [6, 6.07) is 11.1. The first-order valence-electron chi connectivity index (χ1n) is 8.62. The summed E-state index contributed by atoms with van der Waals surface area (Å²) in [6.07, 6.45) is 2.99. The van der Waals surface area contributed by atoms with E-state index in [1.807, 2.05) is 24.3 Å². The van der Waals surface area contributed by atoms with Gasteiger partial charge in [-0.3, -0.25) is 4.79 Å². The number of nitrogens with zero attached hydrogens (tertiary/aromatic N) is 1. The van der Waals surface area contributed by atoms with Crippen LogP contribution in [0, 0.1) is 0 Å². The smallest absolute Gasteiger partial charge is 0.255 e. The van der Waals surface area contributed by atoms with Crippen molar-refractivity contribution in [1.82, 2.24) is 10.3 Å². The number of hydrogen-bond acceptors (Lipinski definition) is 6. The van der Waals surface area contributed by atoms with Crippen molar-refractivity contribution in [2.75, 3.05) is 12.8 Å². The molecule has 0 fully saturated rings. The fourth-order valence-electron chi connectivity index (χ4n) is 2.71. The molecule has 1 aliphatic heterocycles. The van der Waals surface area contributed by atoms with Crippen LogP contribution < -0.4 is 15.8 Å². The van der Waals surface area contributed by atoms with Gasteiger partial charge in [-0.1, -0.05) is 30.0 Å². The number of pyridine rings is 1. The molecule has 0 saturated heterocycles. The SMILES string of the molecule is COCc1ccc(C(=O)NCc2ccc(OC3(C)CC=CS3)cc2)c(N)n1. The third-order valence-corrected chi connectivity index (χ3v) is 5.21. The maximum atomic E-state index is 12.4. The number of amides is 1. The maximum Gasteiger partial charge on any atom is 0.255 e. The van der Waals surface area contributed by atoms with Crippen LogP contribution in [0.5, 0.6) is 5.75 Å². The van der Waals surface area contributed by atoms with Crippen molar-refractivity contribution in [3.05, 3.63) is 64.7 Å². The fourth-order valence-corrected chi connectivity index (χ4v) is 3.52. The molecule has 3 N–H and O–H groups in total. The van der Waals surface area contributed by atoms with Gasteiger partial charge in [0.25, 0.3) is 5.91 Å². The minimum absolute atomic E-state index is 0.196. The van der Waals surface area contributed by atoms with E-state index < -0.39 is 0 Å². The highest BCUT2D eigenvalue weighted by atomic mass is 32.2. The quantitative estimate of drug-likeness (QED) is 0.759. The van der Waals surface area contributed by atoms with E-state index in [2.05, 4.69) is 28.7 Å². The molecule has 0 saturated carbocycles. The van der Waals surface area contributed by atoms with Crippen LogP contribution in [0.1, 0.15) is 35.0 Å². The van der Waals surface area contributed by atoms with Crippen LogP contribution in [0.25, 0.3) is 0 Å². The molecule has 6 nitrogen and oxygen atoms in total. The molecule has 3 rings (SSSR count). The van der Waals surface area contributed by atoms with E-state index in [1.54, 1.807) is 31.0 Å². The number of nitrogen functional groups attached to an aromatic ring is 1. The molecule has 1 atom stereocenters. The first kappa shape index (κ1) is 19.3. The number of nitrogens with two attached hydrogens (primary N) is 1. The predicted octanol–water partition coefficient (Wildman–Crippen LogP) is 3.49. The Labute approximate surface area is 163 Å². The average molecular weight is 385 g/mol. The van der Waals surface area contributed by atoms with Crippen molar-refractivity contribution >= 4 is 23.5 Å². The van der Waals surface area contributed by atoms with Crippen molar-refractivity contribution in [3.63, 3.8) is 0 Å². The second-order valence-corrected chi connectivity index (χ2v) is 7.80. The van der Waals surface area contributed by atoms with Crippen LogP contribution in [0.2, 0.25) is 0 Å². The maximum absolute atomic E-state index is 12.4. The van der Waals surface area contributed by atoms with Crippen LogP contribution in [-0.4, -0.2) is 22.9 Å². The lowest BCUT2D eigenvalue weighted by atomic mass is 10.2. The number of ether oxygens (including phenoxy) is 2. The number of thioether (sulfide) groups is 1. The molecule has 7 heteroatoms. The number of carbonyl (C=O) groups is 1. The van der Waals surface area contributed by atoms with Crippen LogP contribution >= 0.6 is 11.8 Å². The van der Waals surface area contributed by atoms with Crippen LogP contribution in [0.3, 0.4) is 0 Å². The Morgan fingerprint density at radius 2 is 2.07 bits per heavy atom. The lowest BCUT2D eigenvalue weighted by Gasteiger charge is -2.24. The van der Waals surface area contributed by atoms with Gasteiger partial charge >= 0.3 is 0 Å². The molecule has 0 bridgehead atoms. The van der Waals surface area contributed by atoms with Gasteiger partial charge in [-0.05, 0) is 42.2 Å². The highest BCUT2D eigenvalue weighted by molar-refractivity contribution is 8.03. The summed E-state index contributed by atoms with van der Waals surface area (Å²) in [5.41, 5.74) is 7.89. The number of methoxy groups -OCH3 is 1. The molecule has 0 spiro atoms. The van der Waals surface area contributed by atoms with Crippen molar-refractivity contribution in [2.24, 2.45) is 0 Å². The summed E-state index contributed by atoms with van der Waals surface area (Å²) in [7, 11) is 1.58. The minimum Gasteiger partial charge on any atom is -0.476 e. The first-order chi connectivity index (χ1) is 13.0. The third-order valence-electron chi connectivity index (χ3n) is 4.13. The number of carbonyl (C=O) groups excluding carboxylic acids is 1. The number of anilines is 1. The molecule has 0 aliphatic carbocycles. The highest BCUT2D eigenvalue weighted by Crippen LogP contribution is 2.37. The highest BCUT2D eigenvalue weighted by Gasteiger charge is 2.28. The Morgan fingerprint density at radius 3 is 2.70 bits per heavy atom. The van der Waals surface area contributed by atoms with E-state index in [4.69, 9.17) is 15.2 Å². The van der Waals surface area contributed by atoms with Gasteiger partial charge in [0.15, 0.2) is 4.93 Å². The van der Waals surface area contributed by atoms with Crippen LogP contribution in [0.15, 0.2) is 47.9 Å². The summed E-state index contributed by atoms with van der Waals surface area (Å²) >= 11 is 1.68. The molecule has 1 aliphatic rings. The van der Waals surface area contributed by atoms with Gasteiger partial charge in [-0.2, -0.15) is 0 Å². The normalized spacial score (nSPS) is 18.4. The first-order valence-corrected chi connectivity index (χ1v) is 9.50. The van der Waals surface area contributed by atoms with Crippen LogP contribution in [0.4, 0.5) is 5.82 Å². The largest absolute Gasteiger partial charge is 0.476 e. The number of aromatic nitrogens is 1. The summed E-state index contributed by atoms with van der Waals surface area (Å²) in [5, 5.41) is 4.92. The molecule has 0 radical (unpaired) electrons. The monoisotopic (exact) mass is 385 g/mol. The molecule has 2 heterocycles. The molecule has 1 aromatic heterocycles. The Hall–Kier alpha value is -2.51. The van der Waals surface area contributed by atoms with Gasteiger partial charge in [0.1, 0.15) is 11.6 Å². The number of benzene rings is 1. The molecular weight excluding hydrogens is 362 g/mol.